The summed E-state index contributed by atoms with van der Waals surface area (Å²) in [5.74, 6) is -0.718. The highest BCUT2D eigenvalue weighted by Crippen LogP contribution is 2.17. The van der Waals surface area contributed by atoms with E-state index in [1.54, 1.807) is 36.4 Å². The lowest BCUT2D eigenvalue weighted by atomic mass is 10.2. The van der Waals surface area contributed by atoms with Crippen molar-refractivity contribution in [3.8, 4) is 5.75 Å². The second-order valence-corrected chi connectivity index (χ2v) is 5.47. The Morgan fingerprint density at radius 3 is 2.09 bits per heavy atom. The first-order valence-electron chi connectivity index (χ1n) is 7.40. The van der Waals surface area contributed by atoms with Crippen LogP contribution in [0.4, 0.5) is 11.4 Å². The smallest absolute Gasteiger partial charge is 0.314 e. The number of aryl methyl sites for hydroxylation is 1. The summed E-state index contributed by atoms with van der Waals surface area (Å²) in [5.41, 5.74) is 2.13. The quantitative estimate of drug-likeness (QED) is 0.851. The molecule has 0 fully saturated rings. The summed E-state index contributed by atoms with van der Waals surface area (Å²) in [4.78, 5) is 23.8. The number of amides is 2. The maximum absolute atomic E-state index is 11.9. The van der Waals surface area contributed by atoms with Crippen LogP contribution >= 0.6 is 0 Å². The summed E-state index contributed by atoms with van der Waals surface area (Å²) < 4.78 is 5.52. The van der Waals surface area contributed by atoms with Crippen molar-refractivity contribution in [2.24, 2.45) is 0 Å². The molecule has 5 nitrogen and oxygen atoms in total. The van der Waals surface area contributed by atoms with Crippen LogP contribution in [-0.2, 0) is 9.59 Å². The SMILES string of the molecule is Cc1cccc(NC(=O)C(=O)Nc2ccc(OC(C)C)cc2)c1. The first-order chi connectivity index (χ1) is 10.9. The largest absolute Gasteiger partial charge is 0.491 e. The summed E-state index contributed by atoms with van der Waals surface area (Å²) >= 11 is 0. The summed E-state index contributed by atoms with van der Waals surface area (Å²) in [6.45, 7) is 5.78. The van der Waals surface area contributed by atoms with Crippen LogP contribution in [0.3, 0.4) is 0 Å². The van der Waals surface area contributed by atoms with Crippen LogP contribution < -0.4 is 15.4 Å². The van der Waals surface area contributed by atoms with Crippen molar-refractivity contribution in [2.45, 2.75) is 26.9 Å². The molecule has 0 radical (unpaired) electrons. The summed E-state index contributed by atoms with van der Waals surface area (Å²) in [5, 5.41) is 5.12. The number of anilines is 2. The summed E-state index contributed by atoms with van der Waals surface area (Å²) in [7, 11) is 0. The third kappa shape index (κ3) is 5.14. The van der Waals surface area contributed by atoms with Crippen LogP contribution in [0.15, 0.2) is 48.5 Å². The van der Waals surface area contributed by atoms with Gasteiger partial charge in [-0.15, -0.1) is 0 Å². The molecule has 0 aliphatic heterocycles. The van der Waals surface area contributed by atoms with E-state index in [4.69, 9.17) is 4.74 Å². The Bertz CT molecular complexity index is 694. The minimum absolute atomic E-state index is 0.0792. The van der Waals surface area contributed by atoms with Gasteiger partial charge in [0, 0.05) is 11.4 Å². The lowest BCUT2D eigenvalue weighted by Gasteiger charge is -2.10. The second kappa shape index (κ2) is 7.45. The number of ether oxygens (including phenoxy) is 1. The predicted octanol–water partition coefficient (Wildman–Crippen LogP) is 3.36. The van der Waals surface area contributed by atoms with Crippen molar-refractivity contribution >= 4 is 23.2 Å². The third-order valence-corrected chi connectivity index (χ3v) is 2.97. The molecule has 2 aromatic carbocycles. The van der Waals surface area contributed by atoms with E-state index in [0.717, 1.165) is 5.56 Å². The highest BCUT2D eigenvalue weighted by atomic mass is 16.5. The van der Waals surface area contributed by atoms with Crippen molar-refractivity contribution in [3.05, 3.63) is 54.1 Å². The van der Waals surface area contributed by atoms with E-state index in [0.29, 0.717) is 17.1 Å². The Morgan fingerprint density at radius 1 is 0.913 bits per heavy atom. The zero-order chi connectivity index (χ0) is 16.8. The fourth-order valence-corrected chi connectivity index (χ4v) is 1.99. The lowest BCUT2D eigenvalue weighted by molar-refractivity contribution is -0.132. The van der Waals surface area contributed by atoms with Crippen LogP contribution in [0.2, 0.25) is 0 Å². The van der Waals surface area contributed by atoms with E-state index in [2.05, 4.69) is 10.6 Å². The van der Waals surface area contributed by atoms with Crippen LogP contribution in [0.5, 0.6) is 5.75 Å². The van der Waals surface area contributed by atoms with Crippen molar-refractivity contribution in [3.63, 3.8) is 0 Å². The monoisotopic (exact) mass is 312 g/mol. The van der Waals surface area contributed by atoms with E-state index in [9.17, 15) is 9.59 Å². The topological polar surface area (TPSA) is 67.4 Å². The average molecular weight is 312 g/mol. The minimum atomic E-state index is -0.718. The van der Waals surface area contributed by atoms with Gasteiger partial charge in [0.1, 0.15) is 5.75 Å². The lowest BCUT2D eigenvalue weighted by Crippen LogP contribution is -2.29. The highest BCUT2D eigenvalue weighted by Gasteiger charge is 2.14. The van der Waals surface area contributed by atoms with Crippen molar-refractivity contribution in [1.29, 1.82) is 0 Å². The van der Waals surface area contributed by atoms with Crippen LogP contribution in [-0.4, -0.2) is 17.9 Å². The summed E-state index contributed by atoms with van der Waals surface area (Å²) in [6.07, 6.45) is 0.0792. The molecule has 0 unspecified atom stereocenters. The number of nitrogens with one attached hydrogen (secondary N) is 2. The Morgan fingerprint density at radius 2 is 1.52 bits per heavy atom. The molecule has 2 rings (SSSR count). The summed E-state index contributed by atoms with van der Waals surface area (Å²) in [6, 6.07) is 14.1. The number of carbonyl (C=O) groups excluding carboxylic acids is 2. The van der Waals surface area contributed by atoms with Crippen molar-refractivity contribution in [2.75, 3.05) is 10.6 Å². The van der Waals surface area contributed by atoms with Gasteiger partial charge < -0.3 is 15.4 Å². The molecule has 23 heavy (non-hydrogen) atoms. The molecule has 2 N–H and O–H groups in total. The number of rotatable bonds is 4. The molecule has 0 bridgehead atoms. The molecule has 0 saturated carbocycles. The Kier molecular flexibility index (Phi) is 5.36. The van der Waals surface area contributed by atoms with Gasteiger partial charge in [-0.1, -0.05) is 12.1 Å². The van der Waals surface area contributed by atoms with Gasteiger partial charge in [0.25, 0.3) is 0 Å². The average Bonchev–Trinajstić information content (AvgIpc) is 2.48. The van der Waals surface area contributed by atoms with Crippen molar-refractivity contribution in [1.82, 2.24) is 0 Å². The number of benzene rings is 2. The maximum Gasteiger partial charge on any atom is 0.314 e. The van der Waals surface area contributed by atoms with E-state index in [1.165, 1.54) is 0 Å². The van der Waals surface area contributed by atoms with Gasteiger partial charge in [0.2, 0.25) is 0 Å². The molecule has 0 spiro atoms. The van der Waals surface area contributed by atoms with Gasteiger partial charge in [-0.2, -0.15) is 0 Å². The standard InChI is InChI=1S/C18H20N2O3/c1-12(2)23-16-9-7-14(8-10-16)19-17(21)18(22)20-15-6-4-5-13(3)11-15/h4-12H,1-3H3,(H,19,21)(H,20,22). The molecule has 0 aliphatic carbocycles. The van der Waals surface area contributed by atoms with Crippen LogP contribution in [0.25, 0.3) is 0 Å². The molecule has 2 amide bonds. The molecule has 0 atom stereocenters. The molecule has 2 aromatic rings. The van der Waals surface area contributed by atoms with E-state index in [-0.39, 0.29) is 6.10 Å². The third-order valence-electron chi connectivity index (χ3n) is 2.97. The number of carbonyl (C=O) groups is 2. The maximum atomic E-state index is 11.9. The fourth-order valence-electron chi connectivity index (χ4n) is 1.99. The Balaban J connectivity index is 1.94. The first-order valence-corrected chi connectivity index (χ1v) is 7.40. The molecular weight excluding hydrogens is 292 g/mol. The second-order valence-electron chi connectivity index (χ2n) is 5.47. The predicted molar refractivity (Wildman–Crippen MR) is 90.6 cm³/mol. The highest BCUT2D eigenvalue weighted by molar-refractivity contribution is 6.43. The Labute approximate surface area is 135 Å². The zero-order valence-electron chi connectivity index (χ0n) is 13.4. The van der Waals surface area contributed by atoms with Gasteiger partial charge in [0.15, 0.2) is 0 Å². The molecule has 0 heterocycles. The fraction of sp³-hybridized carbons (Fsp3) is 0.222. The molecule has 0 aromatic heterocycles. The normalized spacial score (nSPS) is 10.3. The Hall–Kier alpha value is -2.82. The van der Waals surface area contributed by atoms with Gasteiger partial charge in [-0.05, 0) is 62.7 Å². The van der Waals surface area contributed by atoms with Gasteiger partial charge in [-0.3, -0.25) is 9.59 Å². The molecule has 5 heteroatoms. The van der Waals surface area contributed by atoms with Gasteiger partial charge >= 0.3 is 11.8 Å². The van der Waals surface area contributed by atoms with E-state index < -0.39 is 11.8 Å². The van der Waals surface area contributed by atoms with Crippen molar-refractivity contribution < 1.29 is 14.3 Å². The molecule has 0 aliphatic rings. The van der Waals surface area contributed by atoms with Crippen LogP contribution in [0.1, 0.15) is 19.4 Å². The number of hydrogen-bond acceptors (Lipinski definition) is 3. The van der Waals surface area contributed by atoms with E-state index >= 15 is 0 Å². The zero-order valence-corrected chi connectivity index (χ0v) is 13.4. The molecule has 0 saturated heterocycles. The van der Waals surface area contributed by atoms with Crippen LogP contribution in [0, 0.1) is 6.92 Å². The van der Waals surface area contributed by atoms with Gasteiger partial charge in [0.05, 0.1) is 6.10 Å². The molecular formula is C18H20N2O3. The first kappa shape index (κ1) is 16.5. The van der Waals surface area contributed by atoms with E-state index in [1.807, 2.05) is 32.9 Å². The van der Waals surface area contributed by atoms with Gasteiger partial charge in [-0.25, -0.2) is 0 Å². The molecule has 120 valence electrons. The minimum Gasteiger partial charge on any atom is -0.491 e. The number of hydrogen-bond donors (Lipinski definition) is 2.